The molecule has 4 heterocycles. The Balaban J connectivity index is 1.31. The highest BCUT2D eigenvalue weighted by Gasteiger charge is 2.50. The molecular weight excluding hydrogens is 404 g/mol. The number of carbonyl (C=O) groups excluding carboxylic acids is 1. The molecule has 1 amide bonds. The van der Waals surface area contributed by atoms with Crippen LogP contribution in [0.25, 0.3) is 11.0 Å². The van der Waals surface area contributed by atoms with Gasteiger partial charge in [-0.1, -0.05) is 11.6 Å². The highest BCUT2D eigenvalue weighted by molar-refractivity contribution is 6.31. The molecule has 5 rings (SSSR count). The van der Waals surface area contributed by atoms with Crippen LogP contribution in [0.4, 0.5) is 0 Å². The molecule has 2 saturated heterocycles. The lowest BCUT2D eigenvalue weighted by Crippen LogP contribution is -2.37. The highest BCUT2D eigenvalue weighted by atomic mass is 35.5. The number of carbonyl (C=O) groups is 1. The molecule has 9 heteroatoms. The summed E-state index contributed by atoms with van der Waals surface area (Å²) in [4.78, 5) is 23.0. The molecule has 1 N–H and O–H groups in total. The number of nitrogens with zero attached hydrogens (tertiary/aromatic N) is 5. The van der Waals surface area contributed by atoms with Crippen LogP contribution in [0.5, 0.6) is 0 Å². The van der Waals surface area contributed by atoms with Crippen LogP contribution in [0.1, 0.15) is 36.8 Å². The van der Waals surface area contributed by atoms with Crippen LogP contribution >= 0.6 is 11.6 Å². The van der Waals surface area contributed by atoms with Gasteiger partial charge >= 0.3 is 0 Å². The molecule has 1 aromatic carbocycles. The van der Waals surface area contributed by atoms with Crippen LogP contribution in [-0.2, 0) is 23.0 Å². The van der Waals surface area contributed by atoms with Crippen molar-refractivity contribution in [2.24, 2.45) is 12.5 Å². The fourth-order valence-electron chi connectivity index (χ4n) is 4.94. The van der Waals surface area contributed by atoms with E-state index in [4.69, 9.17) is 16.3 Å². The number of rotatable bonds is 4. The predicted octanol–water partition coefficient (Wildman–Crippen LogP) is 2.70. The first kappa shape index (κ1) is 19.5. The Morgan fingerprint density at radius 1 is 1.37 bits per heavy atom. The van der Waals surface area contributed by atoms with Crippen molar-refractivity contribution in [2.75, 3.05) is 26.3 Å². The average Bonchev–Trinajstić information content (AvgIpc) is 3.43. The number of imidazole rings is 1. The number of aromatic nitrogens is 5. The Labute approximate surface area is 179 Å². The van der Waals surface area contributed by atoms with Gasteiger partial charge in [0, 0.05) is 62.5 Å². The highest BCUT2D eigenvalue weighted by Crippen LogP contribution is 2.49. The molecule has 2 aliphatic rings. The maximum atomic E-state index is 13.1. The van der Waals surface area contributed by atoms with Gasteiger partial charge in [0.2, 0.25) is 5.91 Å². The number of amides is 1. The second-order valence-corrected chi connectivity index (χ2v) is 8.88. The van der Waals surface area contributed by atoms with E-state index in [1.165, 1.54) is 0 Å². The van der Waals surface area contributed by atoms with E-state index in [2.05, 4.69) is 20.2 Å². The van der Waals surface area contributed by atoms with Crippen LogP contribution in [0, 0.1) is 5.41 Å². The Kier molecular flexibility index (Phi) is 4.99. The lowest BCUT2D eigenvalue weighted by atomic mass is 9.72. The number of benzene rings is 1. The zero-order valence-corrected chi connectivity index (χ0v) is 17.7. The van der Waals surface area contributed by atoms with E-state index in [1.54, 1.807) is 6.33 Å². The molecule has 2 fully saturated rings. The van der Waals surface area contributed by atoms with Crippen LogP contribution < -0.4 is 0 Å². The topological polar surface area (TPSA) is 88.9 Å². The largest absolute Gasteiger partial charge is 0.381 e. The van der Waals surface area contributed by atoms with Gasteiger partial charge in [-0.3, -0.25) is 4.79 Å². The Morgan fingerprint density at radius 3 is 2.97 bits per heavy atom. The van der Waals surface area contributed by atoms with Gasteiger partial charge in [0.25, 0.3) is 0 Å². The van der Waals surface area contributed by atoms with Crippen LogP contribution in [0.3, 0.4) is 0 Å². The van der Waals surface area contributed by atoms with E-state index in [-0.39, 0.29) is 17.2 Å². The SMILES string of the molecule is Cn1cnnc1C1CN(C(=O)CCc2nc3ccc(Cl)cc3[nH]2)CC12CCOCC2. The van der Waals surface area contributed by atoms with Crippen molar-refractivity contribution >= 4 is 28.5 Å². The van der Waals surface area contributed by atoms with Gasteiger partial charge in [-0.15, -0.1) is 10.2 Å². The van der Waals surface area contributed by atoms with E-state index < -0.39 is 0 Å². The molecule has 0 bridgehead atoms. The first-order chi connectivity index (χ1) is 14.5. The quantitative estimate of drug-likeness (QED) is 0.690. The van der Waals surface area contributed by atoms with Gasteiger partial charge in [0.05, 0.1) is 11.0 Å². The van der Waals surface area contributed by atoms with E-state index in [0.717, 1.165) is 55.3 Å². The maximum Gasteiger partial charge on any atom is 0.223 e. The molecule has 158 valence electrons. The number of halogens is 1. The number of aryl methyl sites for hydroxylation is 2. The molecule has 1 atom stereocenters. The molecule has 1 spiro atoms. The number of hydrogen-bond acceptors (Lipinski definition) is 5. The normalized spacial score (nSPS) is 21.0. The number of fused-ring (bicyclic) bond motifs is 1. The second-order valence-electron chi connectivity index (χ2n) is 8.45. The monoisotopic (exact) mass is 428 g/mol. The number of nitrogens with one attached hydrogen (secondary N) is 1. The van der Waals surface area contributed by atoms with Crippen molar-refractivity contribution < 1.29 is 9.53 Å². The summed E-state index contributed by atoms with van der Waals surface area (Å²) in [5, 5.41) is 9.12. The predicted molar refractivity (Wildman–Crippen MR) is 112 cm³/mol. The van der Waals surface area contributed by atoms with Gasteiger partial charge < -0.3 is 19.2 Å². The third-order valence-electron chi connectivity index (χ3n) is 6.62. The smallest absolute Gasteiger partial charge is 0.223 e. The molecule has 0 radical (unpaired) electrons. The van der Waals surface area contributed by atoms with E-state index in [9.17, 15) is 4.79 Å². The van der Waals surface area contributed by atoms with Crippen molar-refractivity contribution in [3.8, 4) is 0 Å². The van der Waals surface area contributed by atoms with Crippen molar-refractivity contribution in [1.29, 1.82) is 0 Å². The molecule has 0 aliphatic carbocycles. The fourth-order valence-corrected chi connectivity index (χ4v) is 5.12. The van der Waals surface area contributed by atoms with Gasteiger partial charge in [0.15, 0.2) is 0 Å². The minimum absolute atomic E-state index is 0.0187. The average molecular weight is 429 g/mol. The third kappa shape index (κ3) is 3.48. The number of H-pyrrole nitrogens is 1. The Bertz CT molecular complexity index is 1070. The summed E-state index contributed by atoms with van der Waals surface area (Å²) < 4.78 is 7.60. The van der Waals surface area contributed by atoms with Crippen molar-refractivity contribution in [2.45, 2.75) is 31.6 Å². The summed E-state index contributed by atoms with van der Waals surface area (Å²) in [6, 6.07) is 5.57. The molecule has 30 heavy (non-hydrogen) atoms. The zero-order chi connectivity index (χ0) is 20.7. The Morgan fingerprint density at radius 2 is 2.20 bits per heavy atom. The first-order valence-corrected chi connectivity index (χ1v) is 10.8. The minimum atomic E-state index is 0.0187. The van der Waals surface area contributed by atoms with Crippen LogP contribution in [-0.4, -0.2) is 61.8 Å². The van der Waals surface area contributed by atoms with E-state index >= 15 is 0 Å². The van der Waals surface area contributed by atoms with Crippen LogP contribution in [0.15, 0.2) is 24.5 Å². The standard InChI is InChI=1S/C21H25ClN6O2/c1-27-13-23-26-20(27)15-11-28(12-21(15)6-8-30-9-7-21)19(29)5-4-18-24-16-3-2-14(22)10-17(16)25-18/h2-3,10,13,15H,4-9,11-12H2,1H3,(H,24,25). The van der Waals surface area contributed by atoms with Gasteiger partial charge in [-0.25, -0.2) is 4.98 Å². The maximum absolute atomic E-state index is 13.1. The minimum Gasteiger partial charge on any atom is -0.381 e. The summed E-state index contributed by atoms with van der Waals surface area (Å²) in [6.45, 7) is 2.90. The van der Waals surface area contributed by atoms with E-state index in [1.807, 2.05) is 34.7 Å². The second kappa shape index (κ2) is 7.67. The lowest BCUT2D eigenvalue weighted by molar-refractivity contribution is -0.130. The molecule has 3 aromatic rings. The Hall–Kier alpha value is -2.45. The summed E-state index contributed by atoms with van der Waals surface area (Å²) in [6.07, 6.45) is 4.62. The summed E-state index contributed by atoms with van der Waals surface area (Å²) in [5.74, 6) is 2.11. The number of ether oxygens (including phenoxy) is 1. The van der Waals surface area contributed by atoms with Gasteiger partial charge in [0.1, 0.15) is 18.0 Å². The van der Waals surface area contributed by atoms with Crippen molar-refractivity contribution in [3.63, 3.8) is 0 Å². The van der Waals surface area contributed by atoms with Crippen LogP contribution in [0.2, 0.25) is 5.02 Å². The van der Waals surface area contributed by atoms with Crippen molar-refractivity contribution in [3.05, 3.63) is 41.2 Å². The van der Waals surface area contributed by atoms with Crippen molar-refractivity contribution in [1.82, 2.24) is 29.6 Å². The fraction of sp³-hybridized carbons (Fsp3) is 0.524. The molecule has 2 aliphatic heterocycles. The van der Waals surface area contributed by atoms with Gasteiger partial charge in [-0.2, -0.15) is 0 Å². The third-order valence-corrected chi connectivity index (χ3v) is 6.85. The lowest BCUT2D eigenvalue weighted by Gasteiger charge is -2.37. The molecule has 1 unspecified atom stereocenters. The number of aromatic amines is 1. The molecule has 0 saturated carbocycles. The molecular formula is C21H25ClN6O2. The zero-order valence-electron chi connectivity index (χ0n) is 17.0. The summed E-state index contributed by atoms with van der Waals surface area (Å²) in [5.41, 5.74) is 1.78. The van der Waals surface area contributed by atoms with Gasteiger partial charge in [-0.05, 0) is 31.0 Å². The first-order valence-electron chi connectivity index (χ1n) is 10.4. The number of likely N-dealkylation sites (tertiary alicyclic amines) is 1. The molecule has 2 aromatic heterocycles. The number of hydrogen-bond donors (Lipinski definition) is 1. The molecule has 8 nitrogen and oxygen atoms in total. The summed E-state index contributed by atoms with van der Waals surface area (Å²) >= 11 is 6.05. The summed E-state index contributed by atoms with van der Waals surface area (Å²) in [7, 11) is 1.97. The van der Waals surface area contributed by atoms with E-state index in [0.29, 0.717) is 24.4 Å².